The molecule has 1 aromatic heterocycles. The van der Waals surface area contributed by atoms with E-state index in [2.05, 4.69) is 10.3 Å². The van der Waals surface area contributed by atoms with Crippen molar-refractivity contribution in [2.45, 2.75) is 6.42 Å². The van der Waals surface area contributed by atoms with Gasteiger partial charge in [0.2, 0.25) is 0 Å². The standard InChI is InChI=1S/C19H16F2N2O3/c1-26-14-3-5-17-13(9-14)8-12(19(25)23-17)6-7-22-18(24)11-2-4-15(20)16(21)10-11/h2-5,8-10H,6-7H2,1H3,(H,22,24)(H,23,25). The maximum atomic E-state index is 13.2. The van der Waals surface area contributed by atoms with Crippen LogP contribution in [0, 0.1) is 11.6 Å². The minimum absolute atomic E-state index is 0.0149. The van der Waals surface area contributed by atoms with Crippen LogP contribution in [0.15, 0.2) is 47.3 Å². The van der Waals surface area contributed by atoms with Crippen molar-refractivity contribution in [3.05, 3.63) is 75.6 Å². The lowest BCUT2D eigenvalue weighted by molar-refractivity contribution is 0.0953. The molecule has 5 nitrogen and oxygen atoms in total. The fraction of sp³-hybridized carbons (Fsp3) is 0.158. The molecule has 2 N–H and O–H groups in total. The van der Waals surface area contributed by atoms with Gasteiger partial charge in [-0.05, 0) is 48.9 Å². The van der Waals surface area contributed by atoms with E-state index < -0.39 is 17.5 Å². The van der Waals surface area contributed by atoms with Gasteiger partial charge in [-0.25, -0.2) is 8.78 Å². The molecule has 134 valence electrons. The predicted octanol–water partition coefficient (Wildman–Crippen LogP) is 2.79. The number of benzene rings is 2. The van der Waals surface area contributed by atoms with Gasteiger partial charge in [0.15, 0.2) is 11.6 Å². The Hall–Kier alpha value is -3.22. The van der Waals surface area contributed by atoms with E-state index in [-0.39, 0.29) is 24.1 Å². The Balaban J connectivity index is 1.70. The van der Waals surface area contributed by atoms with Crippen LogP contribution in [0.1, 0.15) is 15.9 Å². The molecule has 3 rings (SSSR count). The Morgan fingerprint density at radius 2 is 1.92 bits per heavy atom. The Morgan fingerprint density at radius 3 is 2.65 bits per heavy atom. The number of carbonyl (C=O) groups is 1. The summed E-state index contributed by atoms with van der Waals surface area (Å²) in [5, 5.41) is 3.40. The number of fused-ring (bicyclic) bond motifs is 1. The first kappa shape index (κ1) is 17.6. The van der Waals surface area contributed by atoms with E-state index in [1.165, 1.54) is 6.07 Å². The molecule has 0 saturated heterocycles. The van der Waals surface area contributed by atoms with Crippen molar-refractivity contribution in [3.63, 3.8) is 0 Å². The topological polar surface area (TPSA) is 71.2 Å². The van der Waals surface area contributed by atoms with Crippen molar-refractivity contribution in [2.75, 3.05) is 13.7 Å². The van der Waals surface area contributed by atoms with E-state index in [0.29, 0.717) is 16.8 Å². The molecule has 0 atom stereocenters. The quantitative estimate of drug-likeness (QED) is 0.737. The Labute approximate surface area is 147 Å². The van der Waals surface area contributed by atoms with Crippen molar-refractivity contribution < 1.29 is 18.3 Å². The summed E-state index contributed by atoms with van der Waals surface area (Å²) in [6, 6.07) is 9.97. The zero-order valence-electron chi connectivity index (χ0n) is 13.9. The van der Waals surface area contributed by atoms with Crippen LogP contribution >= 0.6 is 0 Å². The maximum Gasteiger partial charge on any atom is 0.251 e. The molecule has 7 heteroatoms. The molecule has 0 unspecified atom stereocenters. The number of amides is 1. The van der Waals surface area contributed by atoms with E-state index >= 15 is 0 Å². The number of ether oxygens (including phenoxy) is 1. The summed E-state index contributed by atoms with van der Waals surface area (Å²) in [6.07, 6.45) is 0.290. The number of rotatable bonds is 5. The molecular weight excluding hydrogens is 342 g/mol. The highest BCUT2D eigenvalue weighted by atomic mass is 19.2. The number of pyridine rings is 1. The average molecular weight is 358 g/mol. The summed E-state index contributed by atoms with van der Waals surface area (Å²) in [5.74, 6) is -1.97. The molecule has 26 heavy (non-hydrogen) atoms. The molecule has 0 aliphatic heterocycles. The normalized spacial score (nSPS) is 10.7. The second kappa shape index (κ2) is 7.35. The minimum atomic E-state index is -1.09. The van der Waals surface area contributed by atoms with Crippen LogP contribution in [0.5, 0.6) is 5.75 Å². The average Bonchev–Trinajstić information content (AvgIpc) is 2.63. The Morgan fingerprint density at radius 1 is 1.12 bits per heavy atom. The van der Waals surface area contributed by atoms with Crippen LogP contribution in [0.4, 0.5) is 8.78 Å². The third-order valence-corrected chi connectivity index (χ3v) is 3.99. The molecule has 2 aromatic carbocycles. The van der Waals surface area contributed by atoms with Crippen molar-refractivity contribution in [2.24, 2.45) is 0 Å². The number of methoxy groups -OCH3 is 1. The fourth-order valence-electron chi connectivity index (χ4n) is 2.59. The van der Waals surface area contributed by atoms with Crippen LogP contribution < -0.4 is 15.6 Å². The predicted molar refractivity (Wildman–Crippen MR) is 93.5 cm³/mol. The molecule has 0 aliphatic rings. The molecule has 0 aliphatic carbocycles. The first-order valence-corrected chi connectivity index (χ1v) is 7.91. The highest BCUT2D eigenvalue weighted by molar-refractivity contribution is 5.94. The van der Waals surface area contributed by atoms with E-state index in [9.17, 15) is 18.4 Å². The zero-order valence-corrected chi connectivity index (χ0v) is 13.9. The summed E-state index contributed by atoms with van der Waals surface area (Å²) in [5.41, 5.74) is 0.951. The molecule has 3 aromatic rings. The van der Waals surface area contributed by atoms with Crippen molar-refractivity contribution in [3.8, 4) is 5.75 Å². The van der Waals surface area contributed by atoms with Crippen molar-refractivity contribution >= 4 is 16.8 Å². The number of H-pyrrole nitrogens is 1. The van der Waals surface area contributed by atoms with Gasteiger partial charge in [-0.15, -0.1) is 0 Å². The van der Waals surface area contributed by atoms with Gasteiger partial charge in [0.25, 0.3) is 11.5 Å². The van der Waals surface area contributed by atoms with Gasteiger partial charge in [-0.2, -0.15) is 0 Å². The lowest BCUT2D eigenvalue weighted by atomic mass is 10.1. The van der Waals surface area contributed by atoms with Gasteiger partial charge in [0.05, 0.1) is 7.11 Å². The number of halogens is 2. The number of carbonyl (C=O) groups excluding carboxylic acids is 1. The number of aromatic nitrogens is 1. The highest BCUT2D eigenvalue weighted by Gasteiger charge is 2.10. The largest absolute Gasteiger partial charge is 0.497 e. The first-order chi connectivity index (χ1) is 12.5. The lowest BCUT2D eigenvalue weighted by Gasteiger charge is -2.07. The SMILES string of the molecule is COc1ccc2[nH]c(=O)c(CCNC(=O)c3ccc(F)c(F)c3)cc2c1. The van der Waals surface area contributed by atoms with Crippen LogP contribution in [-0.2, 0) is 6.42 Å². The molecular formula is C19H16F2N2O3. The molecule has 1 heterocycles. The summed E-state index contributed by atoms with van der Waals surface area (Å²) in [7, 11) is 1.56. The lowest BCUT2D eigenvalue weighted by Crippen LogP contribution is -2.27. The number of aromatic amines is 1. The summed E-state index contributed by atoms with van der Waals surface area (Å²) in [4.78, 5) is 26.9. The monoisotopic (exact) mass is 358 g/mol. The zero-order chi connectivity index (χ0) is 18.7. The summed E-state index contributed by atoms with van der Waals surface area (Å²) in [6.45, 7) is 0.177. The van der Waals surface area contributed by atoms with Gasteiger partial charge in [-0.1, -0.05) is 0 Å². The van der Waals surface area contributed by atoms with E-state index in [1.807, 2.05) is 0 Å². The van der Waals surface area contributed by atoms with Gasteiger partial charge in [-0.3, -0.25) is 9.59 Å². The number of hydrogen-bond donors (Lipinski definition) is 2. The maximum absolute atomic E-state index is 13.2. The van der Waals surface area contributed by atoms with Gasteiger partial charge < -0.3 is 15.0 Å². The van der Waals surface area contributed by atoms with E-state index in [4.69, 9.17) is 4.74 Å². The van der Waals surface area contributed by atoms with Crippen LogP contribution in [0.2, 0.25) is 0 Å². The van der Waals surface area contributed by atoms with Gasteiger partial charge in [0.1, 0.15) is 5.75 Å². The van der Waals surface area contributed by atoms with Crippen LogP contribution in [0.3, 0.4) is 0 Å². The van der Waals surface area contributed by atoms with Crippen LogP contribution in [0.25, 0.3) is 10.9 Å². The van der Waals surface area contributed by atoms with Gasteiger partial charge >= 0.3 is 0 Å². The van der Waals surface area contributed by atoms with Crippen molar-refractivity contribution in [1.82, 2.24) is 10.3 Å². The van der Waals surface area contributed by atoms with E-state index in [1.54, 1.807) is 31.4 Å². The number of nitrogens with one attached hydrogen (secondary N) is 2. The molecule has 0 radical (unpaired) electrons. The van der Waals surface area contributed by atoms with Crippen LogP contribution in [-0.4, -0.2) is 24.5 Å². The molecule has 0 spiro atoms. The van der Waals surface area contributed by atoms with Crippen molar-refractivity contribution in [1.29, 1.82) is 0 Å². The summed E-state index contributed by atoms with van der Waals surface area (Å²) < 4.78 is 31.3. The second-order valence-electron chi connectivity index (χ2n) is 5.71. The number of hydrogen-bond acceptors (Lipinski definition) is 3. The van der Waals surface area contributed by atoms with Gasteiger partial charge in [0, 0.05) is 28.6 Å². The van der Waals surface area contributed by atoms with E-state index in [0.717, 1.165) is 17.5 Å². The summed E-state index contributed by atoms with van der Waals surface area (Å²) >= 11 is 0. The molecule has 0 bridgehead atoms. The third-order valence-electron chi connectivity index (χ3n) is 3.99. The minimum Gasteiger partial charge on any atom is -0.497 e. The highest BCUT2D eigenvalue weighted by Crippen LogP contribution is 2.18. The molecule has 0 fully saturated rings. The molecule has 0 saturated carbocycles. The fourth-order valence-corrected chi connectivity index (χ4v) is 2.59. The first-order valence-electron chi connectivity index (χ1n) is 7.91. The second-order valence-corrected chi connectivity index (χ2v) is 5.71. The Kier molecular flexibility index (Phi) is 4.97. The molecule has 1 amide bonds. The smallest absolute Gasteiger partial charge is 0.251 e. The third kappa shape index (κ3) is 3.72. The Bertz CT molecular complexity index is 1030.